The Morgan fingerprint density at radius 2 is 1.92 bits per heavy atom. The average Bonchev–Trinajstić information content (AvgIpc) is 3.38. The molecule has 2 fully saturated rings. The Balaban J connectivity index is 1.58. The molecule has 1 aromatic heterocycles. The lowest BCUT2D eigenvalue weighted by Crippen LogP contribution is -2.56. The van der Waals surface area contributed by atoms with Crippen LogP contribution in [0.15, 0.2) is 30.3 Å². The van der Waals surface area contributed by atoms with Gasteiger partial charge < -0.3 is 29.3 Å². The molecule has 38 heavy (non-hydrogen) atoms. The minimum absolute atomic E-state index is 0.129. The van der Waals surface area contributed by atoms with Crippen molar-refractivity contribution in [3.63, 3.8) is 0 Å². The number of ether oxygens (including phenoxy) is 3. The molecule has 2 aliphatic rings. The molecule has 0 unspecified atom stereocenters. The van der Waals surface area contributed by atoms with Gasteiger partial charge in [0.1, 0.15) is 5.69 Å². The number of benzene rings is 1. The number of methoxy groups -OCH3 is 1. The largest absolute Gasteiger partial charge is 0.382 e. The molecule has 0 aliphatic carbocycles. The van der Waals surface area contributed by atoms with E-state index in [1.807, 2.05) is 40.1 Å². The van der Waals surface area contributed by atoms with Crippen LogP contribution in [-0.4, -0.2) is 109 Å². The number of nitrogens with one attached hydrogen (secondary N) is 1. The topological polar surface area (TPSA) is 111 Å². The van der Waals surface area contributed by atoms with Crippen LogP contribution in [0.5, 0.6) is 0 Å². The van der Waals surface area contributed by atoms with Gasteiger partial charge in [-0.25, -0.2) is 4.68 Å². The molecule has 0 spiro atoms. The van der Waals surface area contributed by atoms with Gasteiger partial charge in [0.15, 0.2) is 5.69 Å². The normalized spacial score (nSPS) is 20.1. The number of carbonyl (C=O) groups excluding carboxylic acids is 2. The third-order valence-corrected chi connectivity index (χ3v) is 6.90. The first-order chi connectivity index (χ1) is 18.5. The molecule has 1 N–H and O–H groups in total. The number of para-hydroxylation sites is 1. The molecule has 2 atom stereocenters. The Bertz CT molecular complexity index is 1040. The van der Waals surface area contributed by atoms with E-state index in [2.05, 4.69) is 29.5 Å². The molecular weight excluding hydrogens is 488 g/mol. The van der Waals surface area contributed by atoms with Crippen LogP contribution in [0.2, 0.25) is 0 Å². The summed E-state index contributed by atoms with van der Waals surface area (Å²) in [7, 11) is 1.62. The van der Waals surface area contributed by atoms with Gasteiger partial charge in [-0.2, -0.15) is 0 Å². The number of piperidine rings is 1. The van der Waals surface area contributed by atoms with Gasteiger partial charge in [-0.3, -0.25) is 9.59 Å². The lowest BCUT2D eigenvalue weighted by atomic mass is 9.92. The molecule has 0 radical (unpaired) electrons. The average molecular weight is 529 g/mol. The highest BCUT2D eigenvalue weighted by Gasteiger charge is 2.37. The van der Waals surface area contributed by atoms with Crippen molar-refractivity contribution >= 4 is 11.8 Å². The quantitative estimate of drug-likeness (QED) is 0.436. The minimum atomic E-state index is -0.197. The van der Waals surface area contributed by atoms with E-state index >= 15 is 0 Å². The first-order valence-electron chi connectivity index (χ1n) is 13.4. The summed E-state index contributed by atoms with van der Waals surface area (Å²) in [5.41, 5.74) is 1.67. The predicted octanol–water partition coefficient (Wildman–Crippen LogP) is 1.37. The highest BCUT2D eigenvalue weighted by atomic mass is 16.5. The van der Waals surface area contributed by atoms with Gasteiger partial charge in [-0.05, 0) is 24.5 Å². The summed E-state index contributed by atoms with van der Waals surface area (Å²) < 4.78 is 18.0. The number of hydrogen-bond acceptors (Lipinski definition) is 8. The molecule has 2 aliphatic heterocycles. The Kier molecular flexibility index (Phi) is 10.2. The number of aromatic nitrogens is 3. The van der Waals surface area contributed by atoms with E-state index in [0.717, 1.165) is 5.69 Å². The minimum Gasteiger partial charge on any atom is -0.382 e. The summed E-state index contributed by atoms with van der Waals surface area (Å²) in [5.74, 6) is -0.0202. The van der Waals surface area contributed by atoms with Crippen molar-refractivity contribution in [3.8, 4) is 5.69 Å². The van der Waals surface area contributed by atoms with Crippen LogP contribution in [0.3, 0.4) is 0 Å². The first-order valence-corrected chi connectivity index (χ1v) is 13.4. The molecule has 3 heterocycles. The van der Waals surface area contributed by atoms with E-state index in [1.165, 1.54) is 0 Å². The molecule has 11 heteroatoms. The molecule has 0 bridgehead atoms. The van der Waals surface area contributed by atoms with E-state index in [1.54, 1.807) is 11.8 Å². The summed E-state index contributed by atoms with van der Waals surface area (Å²) in [6.07, 6.45) is 0.605. The van der Waals surface area contributed by atoms with Crippen LogP contribution in [-0.2, 0) is 25.6 Å². The van der Waals surface area contributed by atoms with Gasteiger partial charge in [0.2, 0.25) is 5.91 Å². The fraction of sp³-hybridized carbons (Fsp3) is 0.630. The Labute approximate surface area is 224 Å². The number of rotatable bonds is 11. The number of morpholine rings is 1. The zero-order valence-corrected chi connectivity index (χ0v) is 22.7. The summed E-state index contributed by atoms with van der Waals surface area (Å²) in [6, 6.07) is 9.45. The Morgan fingerprint density at radius 1 is 1.16 bits per heavy atom. The number of hydrogen-bond donors (Lipinski definition) is 1. The molecule has 2 amide bonds. The first kappa shape index (κ1) is 28.2. The Morgan fingerprint density at radius 3 is 2.63 bits per heavy atom. The van der Waals surface area contributed by atoms with Crippen molar-refractivity contribution in [2.45, 2.75) is 32.9 Å². The van der Waals surface area contributed by atoms with Crippen LogP contribution < -0.4 is 5.32 Å². The zero-order valence-electron chi connectivity index (χ0n) is 22.7. The van der Waals surface area contributed by atoms with Crippen LogP contribution in [0, 0.1) is 11.8 Å². The third-order valence-electron chi connectivity index (χ3n) is 6.90. The number of carbonyl (C=O) groups is 2. The summed E-state index contributed by atoms with van der Waals surface area (Å²) in [4.78, 5) is 31.1. The van der Waals surface area contributed by atoms with Gasteiger partial charge in [-0.1, -0.05) is 37.3 Å². The standard InChI is InChI=1S/C27H40N6O5/c1-20(2)18-32(23-15-21(16-28-17-23)26(34)31-9-11-37-12-10-31)27(35)25-24(19-38-14-13-36-3)33(30-29-25)22-7-5-4-6-8-22/h4-8,20-21,23,28H,9-19H2,1-3H3/t21-,23+/m1/s1. The summed E-state index contributed by atoms with van der Waals surface area (Å²) in [6.45, 7) is 9.32. The predicted molar refractivity (Wildman–Crippen MR) is 141 cm³/mol. The molecule has 11 nitrogen and oxygen atoms in total. The van der Waals surface area contributed by atoms with Crippen molar-refractivity contribution in [2.24, 2.45) is 11.8 Å². The van der Waals surface area contributed by atoms with Gasteiger partial charge in [0.05, 0.1) is 44.6 Å². The molecule has 4 rings (SSSR count). The lowest BCUT2D eigenvalue weighted by molar-refractivity contribution is -0.140. The molecule has 208 valence electrons. The molecular formula is C27H40N6O5. The maximum absolute atomic E-state index is 14.1. The molecule has 2 saturated heterocycles. The van der Waals surface area contributed by atoms with Gasteiger partial charge in [-0.15, -0.1) is 5.10 Å². The smallest absolute Gasteiger partial charge is 0.276 e. The van der Waals surface area contributed by atoms with Crippen molar-refractivity contribution < 1.29 is 23.8 Å². The third kappa shape index (κ3) is 6.96. The summed E-state index contributed by atoms with van der Waals surface area (Å²) in [5, 5.41) is 12.1. The second-order valence-electron chi connectivity index (χ2n) is 10.2. The SMILES string of the molecule is COCCOCc1c(C(=O)N(CC(C)C)[C@@H]2CNC[C@H](C(=O)N3CCOCC3)C2)nnn1-c1ccccc1. The van der Waals surface area contributed by atoms with E-state index < -0.39 is 0 Å². The highest BCUT2D eigenvalue weighted by molar-refractivity contribution is 5.93. The van der Waals surface area contributed by atoms with E-state index in [4.69, 9.17) is 14.2 Å². The fourth-order valence-electron chi connectivity index (χ4n) is 5.00. The maximum atomic E-state index is 14.1. The lowest BCUT2D eigenvalue weighted by Gasteiger charge is -2.40. The summed E-state index contributed by atoms with van der Waals surface area (Å²) >= 11 is 0. The van der Waals surface area contributed by atoms with E-state index in [0.29, 0.717) is 71.3 Å². The Hall–Kier alpha value is -2.86. The van der Waals surface area contributed by atoms with Crippen molar-refractivity contribution in [1.82, 2.24) is 30.1 Å². The molecule has 1 aromatic carbocycles. The van der Waals surface area contributed by atoms with Crippen molar-refractivity contribution in [3.05, 3.63) is 41.7 Å². The highest BCUT2D eigenvalue weighted by Crippen LogP contribution is 2.23. The van der Waals surface area contributed by atoms with Crippen molar-refractivity contribution in [1.29, 1.82) is 0 Å². The van der Waals surface area contributed by atoms with Crippen molar-refractivity contribution in [2.75, 3.05) is 66.3 Å². The van der Waals surface area contributed by atoms with Crippen LogP contribution in [0.1, 0.15) is 36.5 Å². The fourth-order valence-corrected chi connectivity index (χ4v) is 5.00. The van der Waals surface area contributed by atoms with Crippen LogP contribution in [0.25, 0.3) is 5.69 Å². The van der Waals surface area contributed by atoms with E-state index in [9.17, 15) is 9.59 Å². The second-order valence-corrected chi connectivity index (χ2v) is 10.2. The number of amides is 2. The van der Waals surface area contributed by atoms with Gasteiger partial charge >= 0.3 is 0 Å². The van der Waals surface area contributed by atoms with E-state index in [-0.39, 0.29) is 42.0 Å². The maximum Gasteiger partial charge on any atom is 0.276 e. The molecule has 0 saturated carbocycles. The van der Waals surface area contributed by atoms with Gasteiger partial charge in [0, 0.05) is 45.9 Å². The monoisotopic (exact) mass is 528 g/mol. The van der Waals surface area contributed by atoms with Crippen LogP contribution in [0.4, 0.5) is 0 Å². The van der Waals surface area contributed by atoms with Crippen LogP contribution >= 0.6 is 0 Å². The zero-order chi connectivity index (χ0) is 26.9. The number of nitrogens with zero attached hydrogens (tertiary/aromatic N) is 5. The molecule has 2 aromatic rings. The van der Waals surface area contributed by atoms with Gasteiger partial charge in [0.25, 0.3) is 5.91 Å². The second kappa shape index (κ2) is 13.8.